The van der Waals surface area contributed by atoms with E-state index in [1.807, 2.05) is 52.3 Å². The number of likely N-dealkylation sites (tertiary alicyclic amines) is 1. The molecule has 3 rings (SSSR count). The lowest BCUT2D eigenvalue weighted by atomic mass is 10.0. The van der Waals surface area contributed by atoms with E-state index in [-0.39, 0.29) is 23.8 Å². The molecule has 0 radical (unpaired) electrons. The average Bonchev–Trinajstić information content (AvgIpc) is 3.35. The van der Waals surface area contributed by atoms with Gasteiger partial charge in [-0.2, -0.15) is 0 Å². The lowest BCUT2D eigenvalue weighted by molar-refractivity contribution is -0.139. The fourth-order valence-electron chi connectivity index (χ4n) is 4.54. The maximum absolute atomic E-state index is 13.8. The van der Waals surface area contributed by atoms with Crippen LogP contribution in [0.5, 0.6) is 0 Å². The van der Waals surface area contributed by atoms with Crippen LogP contribution >= 0.6 is 22.6 Å². The third kappa shape index (κ3) is 8.03. The molecule has 2 aromatic rings. The number of carbonyl (C=O) groups excluding carboxylic acids is 3. The summed E-state index contributed by atoms with van der Waals surface area (Å²) in [5.74, 6) is -0.276. The van der Waals surface area contributed by atoms with Crippen LogP contribution in [0.4, 0.5) is 0 Å². The number of hydrogen-bond donors (Lipinski definition) is 2. The van der Waals surface area contributed by atoms with E-state index in [0.717, 1.165) is 28.4 Å². The number of amides is 3. The molecule has 1 saturated heterocycles. The third-order valence-electron chi connectivity index (χ3n) is 6.84. The number of nitrogens with one attached hydrogen (secondary N) is 2. The van der Waals surface area contributed by atoms with Crippen LogP contribution in [0.15, 0.2) is 54.6 Å². The van der Waals surface area contributed by atoms with Gasteiger partial charge in [0.25, 0.3) is 0 Å². The minimum absolute atomic E-state index is 0.0109. The fraction of sp³-hybridized carbons (Fsp3) is 0.464. The number of rotatable bonds is 11. The second-order valence-electron chi connectivity index (χ2n) is 9.43. The molecule has 7 nitrogen and oxygen atoms in total. The second kappa shape index (κ2) is 13.7. The van der Waals surface area contributed by atoms with Crippen molar-refractivity contribution < 1.29 is 14.4 Å². The lowest BCUT2D eigenvalue weighted by Gasteiger charge is -2.33. The summed E-state index contributed by atoms with van der Waals surface area (Å²) >= 11 is 2.25. The Bertz CT molecular complexity index is 1020. The summed E-state index contributed by atoms with van der Waals surface area (Å²) in [7, 11) is 1.72. The summed E-state index contributed by atoms with van der Waals surface area (Å²) in [6.45, 7) is 5.11. The van der Waals surface area contributed by atoms with Crippen LogP contribution in [-0.4, -0.2) is 72.3 Å². The van der Waals surface area contributed by atoms with Crippen molar-refractivity contribution in [1.29, 1.82) is 0 Å². The molecule has 1 aliphatic heterocycles. The van der Waals surface area contributed by atoms with Crippen LogP contribution in [0.2, 0.25) is 0 Å². The van der Waals surface area contributed by atoms with Crippen molar-refractivity contribution in [1.82, 2.24) is 20.4 Å². The molecule has 0 spiro atoms. The third-order valence-corrected chi connectivity index (χ3v) is 7.56. The van der Waals surface area contributed by atoms with E-state index < -0.39 is 12.1 Å². The standard InChI is InChI=1S/C28H37IN4O3/c1-20(30-3)27(35)31-26(18-23-11-13-24(29)14-12-23)28(36)33-16-7-10-25(33)19-32(21(2)34)17-15-22-8-5-4-6-9-22/h4-6,8-9,11-14,20,25-26,30H,7,10,15-19H2,1-3H3,(H,31,35)/t20-,25-,26-/m0/s1. The summed E-state index contributed by atoms with van der Waals surface area (Å²) < 4.78 is 1.12. The summed E-state index contributed by atoms with van der Waals surface area (Å²) in [4.78, 5) is 42.7. The highest BCUT2D eigenvalue weighted by atomic mass is 127. The Morgan fingerprint density at radius 2 is 1.78 bits per heavy atom. The first-order valence-electron chi connectivity index (χ1n) is 12.6. The number of nitrogens with zero attached hydrogens (tertiary/aromatic N) is 2. The quantitative estimate of drug-likeness (QED) is 0.387. The highest BCUT2D eigenvalue weighted by Crippen LogP contribution is 2.21. The normalized spacial score (nSPS) is 16.9. The van der Waals surface area contributed by atoms with E-state index >= 15 is 0 Å². The summed E-state index contributed by atoms with van der Waals surface area (Å²) in [5.41, 5.74) is 2.18. The van der Waals surface area contributed by atoms with Gasteiger partial charge >= 0.3 is 0 Å². The van der Waals surface area contributed by atoms with Gasteiger partial charge in [0.2, 0.25) is 17.7 Å². The Kier molecular flexibility index (Phi) is 10.7. The first-order valence-corrected chi connectivity index (χ1v) is 13.7. The summed E-state index contributed by atoms with van der Waals surface area (Å²) in [6, 6.07) is 17.0. The van der Waals surface area contributed by atoms with Crippen molar-refractivity contribution in [2.24, 2.45) is 0 Å². The van der Waals surface area contributed by atoms with Crippen LogP contribution in [0.1, 0.15) is 37.8 Å². The maximum atomic E-state index is 13.8. The molecule has 0 saturated carbocycles. The Balaban J connectivity index is 1.72. The van der Waals surface area contributed by atoms with Crippen LogP contribution in [-0.2, 0) is 27.2 Å². The highest BCUT2D eigenvalue weighted by molar-refractivity contribution is 14.1. The molecule has 0 aliphatic carbocycles. The van der Waals surface area contributed by atoms with Gasteiger partial charge in [-0.15, -0.1) is 0 Å². The molecule has 1 aliphatic rings. The van der Waals surface area contributed by atoms with Gasteiger partial charge in [-0.25, -0.2) is 0 Å². The van der Waals surface area contributed by atoms with Gasteiger partial charge < -0.3 is 20.4 Å². The number of benzene rings is 2. The molecule has 194 valence electrons. The Labute approximate surface area is 228 Å². The smallest absolute Gasteiger partial charge is 0.245 e. The van der Waals surface area contributed by atoms with Gasteiger partial charge in [0, 0.05) is 42.6 Å². The van der Waals surface area contributed by atoms with E-state index in [1.165, 1.54) is 5.56 Å². The van der Waals surface area contributed by atoms with Crippen LogP contribution in [0.25, 0.3) is 0 Å². The van der Waals surface area contributed by atoms with Gasteiger partial charge in [-0.1, -0.05) is 42.5 Å². The number of carbonyl (C=O) groups is 3. The predicted molar refractivity (Wildman–Crippen MR) is 150 cm³/mol. The molecular weight excluding hydrogens is 567 g/mol. The summed E-state index contributed by atoms with van der Waals surface area (Å²) in [6.07, 6.45) is 2.93. The molecule has 1 heterocycles. The predicted octanol–water partition coefficient (Wildman–Crippen LogP) is 3.01. The van der Waals surface area contributed by atoms with E-state index in [0.29, 0.717) is 26.1 Å². The van der Waals surface area contributed by atoms with Gasteiger partial charge in [0.1, 0.15) is 6.04 Å². The van der Waals surface area contributed by atoms with Gasteiger partial charge in [-0.05, 0) is 79.1 Å². The van der Waals surface area contributed by atoms with E-state index in [9.17, 15) is 14.4 Å². The molecule has 0 aromatic heterocycles. The molecule has 0 bridgehead atoms. The maximum Gasteiger partial charge on any atom is 0.245 e. The highest BCUT2D eigenvalue weighted by Gasteiger charge is 2.35. The number of likely N-dealkylation sites (N-methyl/N-ethyl adjacent to an activating group) is 1. The first kappa shape index (κ1) is 28.1. The zero-order valence-corrected chi connectivity index (χ0v) is 23.5. The van der Waals surface area contributed by atoms with Crippen molar-refractivity contribution in [3.8, 4) is 0 Å². The molecular formula is C28H37IN4O3. The lowest BCUT2D eigenvalue weighted by Crippen LogP contribution is -2.55. The fourth-order valence-corrected chi connectivity index (χ4v) is 4.90. The molecule has 8 heteroatoms. The van der Waals surface area contributed by atoms with Crippen molar-refractivity contribution in [2.75, 3.05) is 26.7 Å². The Hall–Kier alpha value is -2.46. The SMILES string of the molecule is CN[C@@H](C)C(=O)N[C@@H](Cc1ccc(I)cc1)C(=O)N1CCC[C@H]1CN(CCc1ccccc1)C(C)=O. The minimum Gasteiger partial charge on any atom is -0.343 e. The number of hydrogen-bond acceptors (Lipinski definition) is 4. The molecule has 36 heavy (non-hydrogen) atoms. The Morgan fingerprint density at radius 1 is 1.08 bits per heavy atom. The Morgan fingerprint density at radius 3 is 2.42 bits per heavy atom. The summed E-state index contributed by atoms with van der Waals surface area (Å²) in [5, 5.41) is 5.92. The zero-order valence-electron chi connectivity index (χ0n) is 21.4. The molecule has 0 unspecified atom stereocenters. The topological polar surface area (TPSA) is 81.8 Å². The van der Waals surface area contributed by atoms with Crippen molar-refractivity contribution in [2.45, 2.75) is 57.7 Å². The molecule has 3 atom stereocenters. The first-order chi connectivity index (χ1) is 17.3. The van der Waals surface area contributed by atoms with Crippen molar-refractivity contribution >= 4 is 40.3 Å². The molecule has 3 amide bonds. The van der Waals surface area contributed by atoms with Crippen molar-refractivity contribution in [3.05, 3.63) is 69.3 Å². The molecule has 2 aromatic carbocycles. The van der Waals surface area contributed by atoms with E-state index in [2.05, 4.69) is 45.4 Å². The van der Waals surface area contributed by atoms with Gasteiger partial charge in [0.05, 0.1) is 6.04 Å². The average molecular weight is 605 g/mol. The zero-order chi connectivity index (χ0) is 26.1. The van der Waals surface area contributed by atoms with Gasteiger partial charge in [-0.3, -0.25) is 14.4 Å². The van der Waals surface area contributed by atoms with Crippen LogP contribution < -0.4 is 10.6 Å². The minimum atomic E-state index is -0.663. The van der Waals surface area contributed by atoms with Crippen LogP contribution in [0, 0.1) is 3.57 Å². The van der Waals surface area contributed by atoms with Gasteiger partial charge in [0.15, 0.2) is 0 Å². The monoisotopic (exact) mass is 604 g/mol. The van der Waals surface area contributed by atoms with E-state index in [4.69, 9.17) is 0 Å². The largest absolute Gasteiger partial charge is 0.343 e. The molecule has 1 fully saturated rings. The van der Waals surface area contributed by atoms with Crippen molar-refractivity contribution in [3.63, 3.8) is 0 Å². The second-order valence-corrected chi connectivity index (χ2v) is 10.7. The number of halogens is 1. The molecule has 2 N–H and O–H groups in total. The van der Waals surface area contributed by atoms with E-state index in [1.54, 1.807) is 20.9 Å². The van der Waals surface area contributed by atoms with Crippen LogP contribution in [0.3, 0.4) is 0 Å².